The largest absolute Gasteiger partial charge is 0.497 e. The van der Waals surface area contributed by atoms with Gasteiger partial charge in [0.25, 0.3) is 0 Å². The van der Waals surface area contributed by atoms with E-state index >= 15 is 0 Å². The Kier molecular flexibility index (Phi) is 6.60. The van der Waals surface area contributed by atoms with Crippen LogP contribution in [0.1, 0.15) is 25.7 Å². The minimum absolute atomic E-state index is 0.272. The van der Waals surface area contributed by atoms with Crippen molar-refractivity contribution in [1.29, 1.82) is 0 Å². The molecule has 3 aromatic rings. The molecule has 0 atom stereocenters. The summed E-state index contributed by atoms with van der Waals surface area (Å²) in [5.74, 6) is 2.42. The van der Waals surface area contributed by atoms with Crippen LogP contribution in [0.4, 0.5) is 17.5 Å². The lowest BCUT2D eigenvalue weighted by Crippen LogP contribution is -2.46. The molecule has 1 aliphatic carbocycles. The third-order valence-corrected chi connectivity index (χ3v) is 6.19. The van der Waals surface area contributed by atoms with Crippen molar-refractivity contribution in [2.75, 3.05) is 36.3 Å². The summed E-state index contributed by atoms with van der Waals surface area (Å²) in [6, 6.07) is 16.6. The predicted octanol–water partition coefficient (Wildman–Crippen LogP) is 4.18. The van der Waals surface area contributed by atoms with E-state index < -0.39 is 0 Å². The van der Waals surface area contributed by atoms with Crippen molar-refractivity contribution in [1.82, 2.24) is 9.97 Å². The number of thiocarbonyl (C=S) groups is 1. The number of benzene rings is 2. The summed E-state index contributed by atoms with van der Waals surface area (Å²) >= 11 is 5.39. The van der Waals surface area contributed by atoms with Gasteiger partial charge in [0, 0.05) is 37.3 Å². The second-order valence-corrected chi connectivity index (χ2v) is 8.76. The average Bonchev–Trinajstić information content (AvgIpc) is 2.80. The molecule has 1 heterocycles. The Morgan fingerprint density at radius 3 is 2.34 bits per heavy atom. The van der Waals surface area contributed by atoms with Crippen molar-refractivity contribution in [3.8, 4) is 5.75 Å². The number of nitrogens with two attached hydrogens (primary N) is 1. The predicted molar refractivity (Wildman–Crippen MR) is 136 cm³/mol. The Balaban J connectivity index is 1.45. The van der Waals surface area contributed by atoms with Crippen LogP contribution >= 0.6 is 12.2 Å². The fourth-order valence-electron chi connectivity index (χ4n) is 4.39. The lowest BCUT2D eigenvalue weighted by Gasteiger charge is -2.37. The molecule has 1 aromatic heterocycles. The van der Waals surface area contributed by atoms with Crippen molar-refractivity contribution in [3.63, 3.8) is 0 Å². The number of ether oxygens (including phenoxy) is 1. The van der Waals surface area contributed by atoms with Gasteiger partial charge < -0.3 is 25.6 Å². The van der Waals surface area contributed by atoms with Crippen molar-refractivity contribution >= 4 is 45.7 Å². The molecule has 1 saturated carbocycles. The number of nitrogens with zero attached hydrogens (tertiary/aromatic N) is 4. The van der Waals surface area contributed by atoms with Gasteiger partial charge in [0.2, 0.25) is 5.95 Å². The van der Waals surface area contributed by atoms with Crippen LogP contribution in [0.25, 0.3) is 10.9 Å². The smallest absolute Gasteiger partial charge is 0.225 e. The number of hydrogen-bond donors (Lipinski definition) is 2. The van der Waals surface area contributed by atoms with E-state index in [9.17, 15) is 0 Å². The molecule has 3 N–H and O–H groups in total. The minimum atomic E-state index is 0.272. The molecule has 0 aliphatic heterocycles. The zero-order valence-electron chi connectivity index (χ0n) is 18.8. The maximum Gasteiger partial charge on any atom is 0.225 e. The Morgan fingerprint density at radius 1 is 1.03 bits per heavy atom. The number of hydrogen-bond acceptors (Lipinski definition) is 6. The molecule has 0 spiro atoms. The Morgan fingerprint density at radius 2 is 1.72 bits per heavy atom. The number of nitrogens with one attached hydrogen (secondary N) is 1. The second-order valence-electron chi connectivity index (χ2n) is 8.34. The highest BCUT2D eigenvalue weighted by Gasteiger charge is 2.28. The van der Waals surface area contributed by atoms with Gasteiger partial charge >= 0.3 is 0 Å². The molecule has 4 rings (SSSR count). The van der Waals surface area contributed by atoms with Crippen LogP contribution < -0.4 is 25.6 Å². The SMILES string of the molecule is COc1ccc(N(C(N)=S)[C@H]2CC[C@@H](Nc3nc(N(C)C)c4ccccc4n3)CC2)cc1. The lowest BCUT2D eigenvalue weighted by atomic mass is 9.90. The molecule has 0 unspecified atom stereocenters. The quantitative estimate of drug-likeness (QED) is 0.542. The van der Waals surface area contributed by atoms with Gasteiger partial charge in [-0.05, 0) is 74.3 Å². The zero-order chi connectivity index (χ0) is 22.7. The van der Waals surface area contributed by atoms with Crippen molar-refractivity contribution < 1.29 is 4.74 Å². The summed E-state index contributed by atoms with van der Waals surface area (Å²) in [5, 5.41) is 5.02. The van der Waals surface area contributed by atoms with Crippen molar-refractivity contribution in [2.45, 2.75) is 37.8 Å². The van der Waals surface area contributed by atoms with Gasteiger partial charge in [-0.25, -0.2) is 4.98 Å². The van der Waals surface area contributed by atoms with E-state index in [-0.39, 0.29) is 6.04 Å². The first-order chi connectivity index (χ1) is 15.5. The number of fused-ring (bicyclic) bond motifs is 1. The van der Waals surface area contributed by atoms with Crippen LogP contribution in [-0.4, -0.2) is 48.4 Å². The standard InChI is InChI=1S/C24H30N6OS/c1-29(2)22-20-6-4-5-7-21(20)27-24(28-22)26-16-8-10-17(11-9-16)30(23(25)32)18-12-14-19(31-3)15-13-18/h4-7,12-17H,8-11H2,1-3H3,(H2,25,32)(H,26,27,28)/t16-,17+. The molecule has 1 fully saturated rings. The van der Waals surface area contributed by atoms with E-state index in [1.807, 2.05) is 61.5 Å². The van der Waals surface area contributed by atoms with Crippen LogP contribution in [0.5, 0.6) is 5.75 Å². The summed E-state index contributed by atoms with van der Waals surface area (Å²) < 4.78 is 5.27. The van der Waals surface area contributed by atoms with Crippen LogP contribution in [0, 0.1) is 0 Å². The summed E-state index contributed by atoms with van der Waals surface area (Å²) in [5.41, 5.74) is 8.06. The van der Waals surface area contributed by atoms with Gasteiger partial charge in [0.15, 0.2) is 5.11 Å². The Labute approximate surface area is 194 Å². The minimum Gasteiger partial charge on any atom is -0.497 e. The zero-order valence-corrected chi connectivity index (χ0v) is 19.6. The van der Waals surface area contributed by atoms with Crippen LogP contribution in [-0.2, 0) is 0 Å². The number of para-hydroxylation sites is 1. The van der Waals surface area contributed by atoms with Gasteiger partial charge in [-0.2, -0.15) is 4.98 Å². The first-order valence-electron chi connectivity index (χ1n) is 10.9. The molecule has 0 amide bonds. The molecule has 7 nitrogen and oxygen atoms in total. The molecular weight excluding hydrogens is 420 g/mol. The van der Waals surface area contributed by atoms with Crippen LogP contribution in [0.2, 0.25) is 0 Å². The van der Waals surface area contributed by atoms with Gasteiger partial charge in [-0.3, -0.25) is 0 Å². The summed E-state index contributed by atoms with van der Waals surface area (Å²) in [4.78, 5) is 13.6. The van der Waals surface area contributed by atoms with E-state index in [1.165, 1.54) is 0 Å². The van der Waals surface area contributed by atoms with Gasteiger partial charge in [-0.15, -0.1) is 0 Å². The van der Waals surface area contributed by atoms with E-state index in [4.69, 9.17) is 32.7 Å². The second kappa shape index (κ2) is 9.56. The molecule has 0 bridgehead atoms. The van der Waals surface area contributed by atoms with Crippen LogP contribution in [0.15, 0.2) is 48.5 Å². The monoisotopic (exact) mass is 450 g/mol. The fourth-order valence-corrected chi connectivity index (χ4v) is 4.64. The Hall–Kier alpha value is -3.13. The van der Waals surface area contributed by atoms with E-state index in [1.54, 1.807) is 7.11 Å². The highest BCUT2D eigenvalue weighted by atomic mass is 32.1. The van der Waals surface area contributed by atoms with Crippen LogP contribution in [0.3, 0.4) is 0 Å². The summed E-state index contributed by atoms with van der Waals surface area (Å²) in [6.07, 6.45) is 3.95. The normalized spacial score (nSPS) is 18.2. The molecular formula is C24H30N6OS. The first-order valence-corrected chi connectivity index (χ1v) is 11.3. The Bertz CT molecular complexity index is 1080. The first kappa shape index (κ1) is 22.1. The topological polar surface area (TPSA) is 79.5 Å². The van der Waals surface area contributed by atoms with Crippen molar-refractivity contribution in [3.05, 3.63) is 48.5 Å². The number of rotatable bonds is 6. The fraction of sp³-hybridized carbons (Fsp3) is 0.375. The number of aromatic nitrogens is 2. The third kappa shape index (κ3) is 4.70. The van der Waals surface area contributed by atoms with E-state index in [2.05, 4.69) is 16.3 Å². The summed E-state index contributed by atoms with van der Waals surface area (Å²) in [7, 11) is 5.68. The van der Waals surface area contributed by atoms with E-state index in [0.29, 0.717) is 17.1 Å². The molecule has 8 heteroatoms. The highest BCUT2D eigenvalue weighted by molar-refractivity contribution is 7.80. The van der Waals surface area contributed by atoms with Gasteiger partial charge in [-0.1, -0.05) is 12.1 Å². The average molecular weight is 451 g/mol. The number of methoxy groups -OCH3 is 1. The number of anilines is 3. The maximum atomic E-state index is 6.11. The van der Waals surface area contributed by atoms with E-state index in [0.717, 1.165) is 53.8 Å². The van der Waals surface area contributed by atoms with Gasteiger partial charge in [0.1, 0.15) is 11.6 Å². The maximum absolute atomic E-state index is 6.11. The van der Waals surface area contributed by atoms with Gasteiger partial charge in [0.05, 0.1) is 12.6 Å². The molecule has 168 valence electrons. The summed E-state index contributed by atoms with van der Waals surface area (Å²) in [6.45, 7) is 0. The van der Waals surface area contributed by atoms with Crippen molar-refractivity contribution in [2.24, 2.45) is 5.73 Å². The molecule has 0 saturated heterocycles. The third-order valence-electron chi connectivity index (χ3n) is 5.99. The molecule has 0 radical (unpaired) electrons. The lowest BCUT2D eigenvalue weighted by molar-refractivity contribution is 0.408. The molecule has 2 aromatic carbocycles. The molecule has 32 heavy (non-hydrogen) atoms. The molecule has 1 aliphatic rings. The highest BCUT2D eigenvalue weighted by Crippen LogP contribution is 2.31.